The molecule has 0 spiro atoms. The number of hydrogen-bond donors (Lipinski definition) is 1. The Morgan fingerprint density at radius 2 is 1.61 bits per heavy atom. The molecule has 160 valence electrons. The van der Waals surface area contributed by atoms with Gasteiger partial charge in [-0.3, -0.25) is 9.69 Å². The molecule has 4 rings (SSSR count). The number of ether oxygens (including phenoxy) is 2. The number of nitrogens with zero attached hydrogens (tertiary/aromatic N) is 1. The average Bonchev–Trinajstić information content (AvgIpc) is 3.23. The Kier molecular flexibility index (Phi) is 6.23. The first-order chi connectivity index (χ1) is 15.0. The van der Waals surface area contributed by atoms with E-state index in [1.807, 2.05) is 60.5 Å². The Morgan fingerprint density at radius 3 is 2.32 bits per heavy atom. The molecule has 5 nitrogen and oxygen atoms in total. The number of fused-ring (bicyclic) bond motifs is 1. The molecule has 0 bridgehead atoms. The van der Waals surface area contributed by atoms with Gasteiger partial charge in [0.05, 0.1) is 0 Å². The van der Waals surface area contributed by atoms with E-state index in [-0.39, 0.29) is 12.7 Å². The predicted molar refractivity (Wildman–Crippen MR) is 122 cm³/mol. The molecule has 1 aliphatic rings. The zero-order valence-corrected chi connectivity index (χ0v) is 18.2. The molecule has 0 radical (unpaired) electrons. The van der Waals surface area contributed by atoms with Crippen molar-refractivity contribution in [1.29, 1.82) is 0 Å². The average molecular weight is 417 g/mol. The minimum atomic E-state index is -0.487. The molecular weight excluding hydrogens is 388 g/mol. The first-order valence-corrected chi connectivity index (χ1v) is 10.6. The third-order valence-electron chi connectivity index (χ3n) is 5.52. The van der Waals surface area contributed by atoms with Gasteiger partial charge >= 0.3 is 0 Å². The van der Waals surface area contributed by atoms with E-state index in [9.17, 15) is 4.79 Å². The molecule has 0 aliphatic carbocycles. The van der Waals surface area contributed by atoms with Crippen molar-refractivity contribution in [3.8, 4) is 11.5 Å². The zero-order valence-electron chi connectivity index (χ0n) is 18.2. The summed E-state index contributed by atoms with van der Waals surface area (Å²) in [4.78, 5) is 15.5. The highest BCUT2D eigenvalue weighted by Crippen LogP contribution is 2.36. The van der Waals surface area contributed by atoms with Gasteiger partial charge in [-0.25, -0.2) is 0 Å². The number of nitrogens with one attached hydrogen (secondary N) is 1. The van der Waals surface area contributed by atoms with Crippen LogP contribution in [-0.2, 0) is 11.3 Å². The highest BCUT2D eigenvalue weighted by atomic mass is 16.7. The molecule has 0 unspecified atom stereocenters. The highest BCUT2D eigenvalue weighted by molar-refractivity contribution is 5.95. The smallest absolute Gasteiger partial charge is 0.246 e. The second-order valence-corrected chi connectivity index (χ2v) is 8.18. The SMILES string of the molecule is CC(C)c1ccc(NC(=O)[C@@H](c2ccc3c(c2)OCO3)N(C)Cc2ccccc2)cc1. The molecule has 3 aromatic carbocycles. The van der Waals surface area contributed by atoms with Crippen molar-refractivity contribution < 1.29 is 14.3 Å². The Bertz CT molecular complexity index is 1030. The fourth-order valence-electron chi connectivity index (χ4n) is 3.81. The van der Waals surface area contributed by atoms with E-state index in [0.29, 0.717) is 24.0 Å². The highest BCUT2D eigenvalue weighted by Gasteiger charge is 2.27. The van der Waals surface area contributed by atoms with Gasteiger partial charge < -0.3 is 14.8 Å². The van der Waals surface area contributed by atoms with Gasteiger partial charge in [0.2, 0.25) is 12.7 Å². The molecule has 0 fully saturated rings. The molecular formula is C26H28N2O3. The van der Waals surface area contributed by atoms with Crippen molar-refractivity contribution in [2.24, 2.45) is 0 Å². The number of likely N-dealkylation sites (N-methyl/N-ethyl adjacent to an activating group) is 1. The van der Waals surface area contributed by atoms with Crippen LogP contribution in [0.2, 0.25) is 0 Å². The number of carbonyl (C=O) groups is 1. The third kappa shape index (κ3) is 4.89. The van der Waals surface area contributed by atoms with E-state index >= 15 is 0 Å². The second kappa shape index (κ2) is 9.23. The van der Waals surface area contributed by atoms with Crippen LogP contribution in [-0.4, -0.2) is 24.6 Å². The number of hydrogen-bond acceptors (Lipinski definition) is 4. The van der Waals surface area contributed by atoms with E-state index in [2.05, 4.69) is 43.4 Å². The maximum absolute atomic E-state index is 13.4. The van der Waals surface area contributed by atoms with E-state index in [1.54, 1.807) is 0 Å². The van der Waals surface area contributed by atoms with Crippen LogP contribution in [0.5, 0.6) is 11.5 Å². The number of anilines is 1. The molecule has 0 saturated heterocycles. The van der Waals surface area contributed by atoms with Gasteiger partial charge in [-0.1, -0.05) is 62.4 Å². The summed E-state index contributed by atoms with van der Waals surface area (Å²) in [5.74, 6) is 1.74. The monoisotopic (exact) mass is 416 g/mol. The van der Waals surface area contributed by atoms with E-state index in [0.717, 1.165) is 16.8 Å². The summed E-state index contributed by atoms with van der Waals surface area (Å²) in [6.45, 7) is 5.15. The van der Waals surface area contributed by atoms with Crippen molar-refractivity contribution in [1.82, 2.24) is 4.90 Å². The summed E-state index contributed by atoms with van der Waals surface area (Å²) >= 11 is 0. The summed E-state index contributed by atoms with van der Waals surface area (Å²) in [5, 5.41) is 3.09. The van der Waals surface area contributed by atoms with Gasteiger partial charge in [-0.2, -0.15) is 0 Å². The largest absolute Gasteiger partial charge is 0.454 e. The van der Waals surface area contributed by atoms with Crippen molar-refractivity contribution in [3.63, 3.8) is 0 Å². The minimum Gasteiger partial charge on any atom is -0.454 e. The Morgan fingerprint density at radius 1 is 0.935 bits per heavy atom. The van der Waals surface area contributed by atoms with Gasteiger partial charge in [-0.05, 0) is 53.9 Å². The van der Waals surface area contributed by atoms with Crippen molar-refractivity contribution in [2.45, 2.75) is 32.4 Å². The Hall–Kier alpha value is -3.31. The van der Waals surface area contributed by atoms with Crippen molar-refractivity contribution >= 4 is 11.6 Å². The molecule has 1 amide bonds. The fourth-order valence-corrected chi connectivity index (χ4v) is 3.81. The van der Waals surface area contributed by atoms with Crippen LogP contribution in [0, 0.1) is 0 Å². The number of rotatable bonds is 7. The van der Waals surface area contributed by atoms with Crippen molar-refractivity contribution in [3.05, 3.63) is 89.5 Å². The molecule has 1 atom stereocenters. The molecule has 1 N–H and O–H groups in total. The van der Waals surface area contributed by atoms with Crippen molar-refractivity contribution in [2.75, 3.05) is 19.2 Å². The molecule has 31 heavy (non-hydrogen) atoms. The van der Waals surface area contributed by atoms with Gasteiger partial charge in [0.1, 0.15) is 6.04 Å². The molecule has 1 aliphatic heterocycles. The predicted octanol–water partition coefficient (Wildman–Crippen LogP) is 5.35. The normalized spacial score (nSPS) is 13.5. The molecule has 3 aromatic rings. The number of benzene rings is 3. The lowest BCUT2D eigenvalue weighted by molar-refractivity contribution is -0.121. The maximum Gasteiger partial charge on any atom is 0.246 e. The van der Waals surface area contributed by atoms with E-state index in [4.69, 9.17) is 9.47 Å². The standard InChI is InChI=1S/C26H28N2O3/c1-18(2)20-9-12-22(13-10-20)27-26(29)25(28(3)16-19-7-5-4-6-8-19)21-11-14-23-24(15-21)31-17-30-23/h4-15,18,25H,16-17H2,1-3H3,(H,27,29)/t25-/m1/s1. The minimum absolute atomic E-state index is 0.0883. The second-order valence-electron chi connectivity index (χ2n) is 8.18. The quantitative estimate of drug-likeness (QED) is 0.564. The number of carbonyl (C=O) groups excluding carboxylic acids is 1. The summed E-state index contributed by atoms with van der Waals surface area (Å²) in [5.41, 5.74) is 4.03. The third-order valence-corrected chi connectivity index (χ3v) is 5.52. The maximum atomic E-state index is 13.4. The van der Waals surface area contributed by atoms with Crippen LogP contribution in [0.3, 0.4) is 0 Å². The summed E-state index contributed by atoms with van der Waals surface area (Å²) in [6.07, 6.45) is 0. The van der Waals surface area contributed by atoms with Crippen LogP contribution in [0.15, 0.2) is 72.8 Å². The van der Waals surface area contributed by atoms with Gasteiger partial charge in [-0.15, -0.1) is 0 Å². The summed E-state index contributed by atoms with van der Waals surface area (Å²) in [7, 11) is 1.96. The van der Waals surface area contributed by atoms with E-state index < -0.39 is 6.04 Å². The summed E-state index contributed by atoms with van der Waals surface area (Å²) in [6, 6.07) is 23.4. The fraction of sp³-hybridized carbons (Fsp3) is 0.269. The van der Waals surface area contributed by atoms with Gasteiger partial charge in [0.25, 0.3) is 0 Å². The molecule has 0 saturated carbocycles. The lowest BCUT2D eigenvalue weighted by Gasteiger charge is -2.28. The molecule has 5 heteroatoms. The first kappa shape index (κ1) is 20.9. The lowest BCUT2D eigenvalue weighted by Crippen LogP contribution is -2.34. The van der Waals surface area contributed by atoms with Crippen LogP contribution in [0.25, 0.3) is 0 Å². The van der Waals surface area contributed by atoms with Crippen LogP contribution >= 0.6 is 0 Å². The molecule has 0 aromatic heterocycles. The number of amides is 1. The van der Waals surface area contributed by atoms with Crippen LogP contribution in [0.1, 0.15) is 42.5 Å². The topological polar surface area (TPSA) is 50.8 Å². The van der Waals surface area contributed by atoms with Gasteiger partial charge in [0.15, 0.2) is 11.5 Å². The zero-order chi connectivity index (χ0) is 21.8. The van der Waals surface area contributed by atoms with Gasteiger partial charge in [0, 0.05) is 12.2 Å². The first-order valence-electron chi connectivity index (χ1n) is 10.6. The lowest BCUT2D eigenvalue weighted by atomic mass is 10.0. The summed E-state index contributed by atoms with van der Waals surface area (Å²) < 4.78 is 11.0. The Balaban J connectivity index is 1.60. The Labute approximate surface area is 183 Å². The molecule has 1 heterocycles. The van der Waals surface area contributed by atoms with Crippen LogP contribution in [0.4, 0.5) is 5.69 Å². The van der Waals surface area contributed by atoms with Crippen LogP contribution < -0.4 is 14.8 Å². The van der Waals surface area contributed by atoms with E-state index in [1.165, 1.54) is 5.56 Å².